The Bertz CT molecular complexity index is 676. The second-order valence-electron chi connectivity index (χ2n) is 6.54. The van der Waals surface area contributed by atoms with E-state index in [1.54, 1.807) is 12.1 Å². The van der Waals surface area contributed by atoms with E-state index in [0.29, 0.717) is 5.75 Å². The first-order valence-electron chi connectivity index (χ1n) is 8.37. The fraction of sp³-hybridized carbons (Fsp3) is 0.400. The van der Waals surface area contributed by atoms with Crippen molar-refractivity contribution in [2.75, 3.05) is 18.0 Å². The molecule has 1 atom stereocenters. The van der Waals surface area contributed by atoms with E-state index in [0.717, 1.165) is 37.4 Å². The molecule has 0 radical (unpaired) electrons. The minimum Gasteiger partial charge on any atom is -0.508 e. The molecule has 0 saturated carbocycles. The van der Waals surface area contributed by atoms with Gasteiger partial charge in [0.05, 0.1) is 12.2 Å². The molecule has 3 heteroatoms. The van der Waals surface area contributed by atoms with Crippen LogP contribution in [0.3, 0.4) is 0 Å². The molecule has 2 aromatic rings. The third-order valence-electron chi connectivity index (χ3n) is 4.24. The van der Waals surface area contributed by atoms with Crippen molar-refractivity contribution >= 4 is 5.69 Å². The van der Waals surface area contributed by atoms with Crippen LogP contribution in [0.15, 0.2) is 36.4 Å². The highest BCUT2D eigenvalue weighted by Crippen LogP contribution is 2.36. The summed E-state index contributed by atoms with van der Waals surface area (Å²) in [6.07, 6.45) is 2.12. The Hall–Kier alpha value is -2.16. The van der Waals surface area contributed by atoms with Crippen LogP contribution in [-0.2, 0) is 6.42 Å². The maximum atomic E-state index is 9.75. The first kappa shape index (κ1) is 15.7. The van der Waals surface area contributed by atoms with E-state index in [2.05, 4.69) is 43.9 Å². The molecular formula is C20H25NO2. The average molecular weight is 311 g/mol. The van der Waals surface area contributed by atoms with Gasteiger partial charge in [-0.3, -0.25) is 0 Å². The van der Waals surface area contributed by atoms with Gasteiger partial charge in [0, 0.05) is 19.0 Å². The molecule has 1 aliphatic heterocycles. The summed E-state index contributed by atoms with van der Waals surface area (Å²) >= 11 is 0. The smallest absolute Gasteiger partial charge is 0.143 e. The second kappa shape index (κ2) is 6.53. The zero-order chi connectivity index (χ0) is 16.4. The van der Waals surface area contributed by atoms with E-state index in [1.165, 1.54) is 16.7 Å². The van der Waals surface area contributed by atoms with Gasteiger partial charge in [-0.1, -0.05) is 36.2 Å². The molecular weight excluding hydrogens is 286 g/mol. The van der Waals surface area contributed by atoms with E-state index < -0.39 is 0 Å². The van der Waals surface area contributed by atoms with Crippen molar-refractivity contribution < 1.29 is 9.84 Å². The summed E-state index contributed by atoms with van der Waals surface area (Å²) in [5.74, 6) is 1.16. The summed E-state index contributed by atoms with van der Waals surface area (Å²) in [5, 5.41) is 9.75. The van der Waals surface area contributed by atoms with Crippen LogP contribution in [-0.4, -0.2) is 24.3 Å². The molecule has 2 aromatic carbocycles. The number of ether oxygens (including phenoxy) is 1. The molecule has 1 N–H and O–H groups in total. The number of phenols is 1. The lowest BCUT2D eigenvalue weighted by Crippen LogP contribution is -2.41. The van der Waals surface area contributed by atoms with Crippen LogP contribution in [0.2, 0.25) is 0 Å². The lowest BCUT2D eigenvalue weighted by Gasteiger charge is -2.36. The van der Waals surface area contributed by atoms with E-state index in [1.807, 2.05) is 6.07 Å². The van der Waals surface area contributed by atoms with Crippen LogP contribution in [0.4, 0.5) is 5.69 Å². The highest BCUT2D eigenvalue weighted by Gasteiger charge is 2.25. The maximum Gasteiger partial charge on any atom is 0.143 e. The van der Waals surface area contributed by atoms with Crippen molar-refractivity contribution in [3.05, 3.63) is 53.1 Å². The molecule has 0 fully saturated rings. The molecule has 3 nitrogen and oxygen atoms in total. The number of rotatable bonds is 4. The molecule has 0 amide bonds. The van der Waals surface area contributed by atoms with E-state index in [9.17, 15) is 5.11 Å². The Morgan fingerprint density at radius 2 is 1.87 bits per heavy atom. The topological polar surface area (TPSA) is 32.7 Å². The van der Waals surface area contributed by atoms with Gasteiger partial charge in [-0.25, -0.2) is 0 Å². The lowest BCUT2D eigenvalue weighted by atomic mass is 10.0. The van der Waals surface area contributed by atoms with Gasteiger partial charge in [0.15, 0.2) is 0 Å². The maximum absolute atomic E-state index is 9.75. The first-order valence-corrected chi connectivity index (χ1v) is 8.37. The first-order chi connectivity index (χ1) is 11.0. The van der Waals surface area contributed by atoms with Gasteiger partial charge in [0.1, 0.15) is 17.6 Å². The summed E-state index contributed by atoms with van der Waals surface area (Å²) in [4.78, 5) is 2.33. The van der Waals surface area contributed by atoms with Gasteiger partial charge < -0.3 is 14.7 Å². The van der Waals surface area contributed by atoms with Gasteiger partial charge in [-0.15, -0.1) is 0 Å². The largest absolute Gasteiger partial charge is 0.508 e. The molecule has 0 saturated heterocycles. The number of aryl methyl sites for hydroxylation is 2. The molecule has 3 rings (SSSR count). The molecule has 1 unspecified atom stereocenters. The molecule has 1 heterocycles. The highest BCUT2D eigenvalue weighted by atomic mass is 16.5. The predicted molar refractivity (Wildman–Crippen MR) is 94.6 cm³/mol. The SMILES string of the molecule is CCCN1CC(Cc2cc(C)cc(C)c2)Oc2ccc(O)cc21. The molecule has 23 heavy (non-hydrogen) atoms. The van der Waals surface area contributed by atoms with E-state index in [-0.39, 0.29) is 6.10 Å². The van der Waals surface area contributed by atoms with Crippen molar-refractivity contribution in [2.45, 2.75) is 39.7 Å². The number of aromatic hydroxyl groups is 1. The van der Waals surface area contributed by atoms with Gasteiger partial charge in [-0.05, 0) is 38.0 Å². The Morgan fingerprint density at radius 1 is 1.13 bits per heavy atom. The zero-order valence-corrected chi connectivity index (χ0v) is 14.2. The molecule has 122 valence electrons. The van der Waals surface area contributed by atoms with Crippen LogP contribution < -0.4 is 9.64 Å². The fourth-order valence-electron chi connectivity index (χ4n) is 3.45. The Balaban J connectivity index is 1.83. The Kier molecular flexibility index (Phi) is 4.46. The molecule has 1 aliphatic rings. The summed E-state index contributed by atoms with van der Waals surface area (Å²) in [5.41, 5.74) is 4.92. The summed E-state index contributed by atoms with van der Waals surface area (Å²) in [6, 6.07) is 12.1. The number of benzene rings is 2. The van der Waals surface area contributed by atoms with Crippen LogP contribution >= 0.6 is 0 Å². The third kappa shape index (κ3) is 3.61. The summed E-state index contributed by atoms with van der Waals surface area (Å²) in [7, 11) is 0. The average Bonchev–Trinajstić information content (AvgIpc) is 2.47. The van der Waals surface area contributed by atoms with Crippen molar-refractivity contribution in [3.8, 4) is 11.5 Å². The van der Waals surface area contributed by atoms with Crippen LogP contribution in [0.1, 0.15) is 30.0 Å². The van der Waals surface area contributed by atoms with E-state index >= 15 is 0 Å². The molecule has 0 aliphatic carbocycles. The van der Waals surface area contributed by atoms with Crippen LogP contribution in [0.5, 0.6) is 11.5 Å². The number of anilines is 1. The van der Waals surface area contributed by atoms with E-state index in [4.69, 9.17) is 4.74 Å². The van der Waals surface area contributed by atoms with Crippen LogP contribution in [0, 0.1) is 13.8 Å². The van der Waals surface area contributed by atoms with Crippen LogP contribution in [0.25, 0.3) is 0 Å². The quantitative estimate of drug-likeness (QED) is 0.917. The van der Waals surface area contributed by atoms with Gasteiger partial charge in [-0.2, -0.15) is 0 Å². The van der Waals surface area contributed by atoms with Gasteiger partial charge in [0.2, 0.25) is 0 Å². The predicted octanol–water partition coefficient (Wildman–Crippen LogP) is 4.23. The minimum atomic E-state index is 0.139. The molecule has 0 bridgehead atoms. The highest BCUT2D eigenvalue weighted by molar-refractivity contribution is 5.63. The van der Waals surface area contributed by atoms with Crippen molar-refractivity contribution in [1.82, 2.24) is 0 Å². The molecule has 0 spiro atoms. The lowest BCUT2D eigenvalue weighted by molar-refractivity contribution is 0.193. The summed E-state index contributed by atoms with van der Waals surface area (Å²) < 4.78 is 6.19. The molecule has 0 aromatic heterocycles. The van der Waals surface area contributed by atoms with Gasteiger partial charge in [0.25, 0.3) is 0 Å². The Morgan fingerprint density at radius 3 is 2.57 bits per heavy atom. The number of nitrogens with zero attached hydrogens (tertiary/aromatic N) is 1. The zero-order valence-electron chi connectivity index (χ0n) is 14.2. The Labute approximate surface area is 138 Å². The number of hydrogen-bond donors (Lipinski definition) is 1. The number of hydrogen-bond acceptors (Lipinski definition) is 3. The monoisotopic (exact) mass is 311 g/mol. The van der Waals surface area contributed by atoms with Gasteiger partial charge >= 0.3 is 0 Å². The normalized spacial score (nSPS) is 16.8. The second-order valence-corrected chi connectivity index (χ2v) is 6.54. The fourth-order valence-corrected chi connectivity index (χ4v) is 3.45. The number of fused-ring (bicyclic) bond motifs is 1. The van der Waals surface area contributed by atoms with Crippen molar-refractivity contribution in [2.24, 2.45) is 0 Å². The summed E-state index contributed by atoms with van der Waals surface area (Å²) in [6.45, 7) is 8.29. The standard InChI is InChI=1S/C20H25NO2/c1-4-7-21-13-18(11-16-9-14(2)8-15(3)10-16)23-20-6-5-17(22)12-19(20)21/h5-6,8-10,12,18,22H,4,7,11,13H2,1-3H3. The number of phenolic OH excluding ortho intramolecular Hbond substituents is 1. The third-order valence-corrected chi connectivity index (χ3v) is 4.24. The van der Waals surface area contributed by atoms with Crippen molar-refractivity contribution in [3.63, 3.8) is 0 Å². The minimum absolute atomic E-state index is 0.139. The van der Waals surface area contributed by atoms with Crippen molar-refractivity contribution in [1.29, 1.82) is 0 Å².